The summed E-state index contributed by atoms with van der Waals surface area (Å²) in [4.78, 5) is 53.5. The van der Waals surface area contributed by atoms with E-state index >= 15 is 0 Å². The van der Waals surface area contributed by atoms with Gasteiger partial charge in [0.05, 0.1) is 18.8 Å². The molecule has 212 valence electrons. The molecule has 0 aliphatic carbocycles. The van der Waals surface area contributed by atoms with Crippen LogP contribution in [-0.4, -0.2) is 41.6 Å². The van der Waals surface area contributed by atoms with Crippen LogP contribution in [0.25, 0.3) is 0 Å². The molecule has 0 N–H and O–H groups in total. The van der Waals surface area contributed by atoms with E-state index in [-0.39, 0.29) is 24.3 Å². The third-order valence-electron chi connectivity index (χ3n) is 6.34. The number of aryl methyl sites for hydroxylation is 4. The molecule has 40 heavy (non-hydrogen) atoms. The number of alkyl halides is 3. The number of imide groups is 1. The molecule has 8 nitrogen and oxygen atoms in total. The van der Waals surface area contributed by atoms with Crippen LogP contribution in [0.15, 0.2) is 42.6 Å². The molecule has 0 atom stereocenters. The minimum atomic E-state index is -5.26. The van der Waals surface area contributed by atoms with Crippen molar-refractivity contribution in [3.05, 3.63) is 92.8 Å². The van der Waals surface area contributed by atoms with E-state index in [1.165, 1.54) is 38.1 Å². The fourth-order valence-electron chi connectivity index (χ4n) is 3.98. The van der Waals surface area contributed by atoms with E-state index in [1.807, 2.05) is 0 Å². The highest BCUT2D eigenvalue weighted by atomic mass is 19.4. The fourth-order valence-corrected chi connectivity index (χ4v) is 3.98. The number of hydrogen-bond acceptors (Lipinski definition) is 6. The first-order valence-electron chi connectivity index (χ1n) is 12.4. The Labute approximate surface area is 229 Å². The lowest BCUT2D eigenvalue weighted by Crippen LogP contribution is -2.47. The van der Waals surface area contributed by atoms with Gasteiger partial charge in [-0.15, -0.1) is 0 Å². The molecule has 0 aliphatic heterocycles. The zero-order valence-corrected chi connectivity index (χ0v) is 22.9. The van der Waals surface area contributed by atoms with Crippen LogP contribution in [0, 0.1) is 27.7 Å². The molecule has 3 rings (SSSR count). The Kier molecular flexibility index (Phi) is 8.87. The van der Waals surface area contributed by atoms with E-state index in [0.717, 1.165) is 11.1 Å². The van der Waals surface area contributed by atoms with Gasteiger partial charge in [0, 0.05) is 17.3 Å². The molecule has 0 aliphatic rings. The van der Waals surface area contributed by atoms with Crippen LogP contribution in [0.4, 0.5) is 13.2 Å². The second kappa shape index (κ2) is 11.8. The third kappa shape index (κ3) is 5.93. The van der Waals surface area contributed by atoms with Gasteiger partial charge in [-0.25, -0.2) is 14.3 Å². The topological polar surface area (TPSA) is 94.9 Å². The molecule has 1 aromatic heterocycles. The van der Waals surface area contributed by atoms with Crippen LogP contribution in [0.5, 0.6) is 0 Å². The first kappa shape index (κ1) is 30.1. The number of benzene rings is 2. The highest BCUT2D eigenvalue weighted by molar-refractivity contribution is 6.21. The van der Waals surface area contributed by atoms with Crippen molar-refractivity contribution in [3.8, 4) is 0 Å². The summed E-state index contributed by atoms with van der Waals surface area (Å²) in [6, 6.07) is 9.01. The molecule has 1 heterocycles. The number of halogens is 3. The first-order chi connectivity index (χ1) is 18.7. The van der Waals surface area contributed by atoms with Gasteiger partial charge in [0.1, 0.15) is 5.56 Å². The van der Waals surface area contributed by atoms with Gasteiger partial charge in [-0.05, 0) is 88.1 Å². The number of amides is 2. The third-order valence-corrected chi connectivity index (χ3v) is 6.34. The van der Waals surface area contributed by atoms with E-state index < -0.39 is 46.8 Å². The summed E-state index contributed by atoms with van der Waals surface area (Å²) < 4.78 is 53.4. The Balaban J connectivity index is 2.42. The first-order valence-corrected chi connectivity index (χ1v) is 12.4. The summed E-state index contributed by atoms with van der Waals surface area (Å²) in [5, 5.41) is 0.401. The molecule has 0 unspecified atom stereocenters. The van der Waals surface area contributed by atoms with Gasteiger partial charge in [-0.1, -0.05) is 12.1 Å². The smallest absolute Gasteiger partial charge is 0.419 e. The SMILES string of the molecule is CCOC(=O)c1cn(N(C(=O)c2ccc(C)c(C)c2)C(=O)c2ccc(C)c(C)c2)c(C(=O)OCC)c1C(F)(F)F. The molecule has 0 spiro atoms. The highest BCUT2D eigenvalue weighted by Crippen LogP contribution is 2.37. The normalized spacial score (nSPS) is 11.2. The van der Waals surface area contributed by atoms with E-state index in [4.69, 9.17) is 9.47 Å². The Morgan fingerprint density at radius 2 is 1.20 bits per heavy atom. The van der Waals surface area contributed by atoms with Gasteiger partial charge in [-0.3, -0.25) is 9.59 Å². The number of carbonyl (C=O) groups excluding carboxylic acids is 4. The molecular formula is C29H29F3N2O6. The average Bonchev–Trinajstić information content (AvgIpc) is 3.29. The summed E-state index contributed by atoms with van der Waals surface area (Å²) in [6.07, 6.45) is -4.65. The summed E-state index contributed by atoms with van der Waals surface area (Å²) in [6.45, 7) is 9.25. The zero-order valence-electron chi connectivity index (χ0n) is 22.9. The summed E-state index contributed by atoms with van der Waals surface area (Å²) in [7, 11) is 0. The van der Waals surface area contributed by atoms with Crippen molar-refractivity contribution in [2.45, 2.75) is 47.7 Å². The van der Waals surface area contributed by atoms with Gasteiger partial charge < -0.3 is 9.47 Å². The Bertz CT molecular complexity index is 1430. The van der Waals surface area contributed by atoms with E-state index in [2.05, 4.69) is 0 Å². The van der Waals surface area contributed by atoms with Crippen LogP contribution < -0.4 is 5.01 Å². The van der Waals surface area contributed by atoms with Crippen LogP contribution in [0.1, 0.15) is 83.2 Å². The molecule has 0 saturated heterocycles. The molecule has 0 radical (unpaired) electrons. The van der Waals surface area contributed by atoms with Crippen molar-refractivity contribution in [2.24, 2.45) is 0 Å². The Morgan fingerprint density at radius 3 is 1.60 bits per heavy atom. The van der Waals surface area contributed by atoms with Crippen LogP contribution in [0.2, 0.25) is 0 Å². The van der Waals surface area contributed by atoms with Crippen molar-refractivity contribution >= 4 is 23.8 Å². The summed E-state index contributed by atoms with van der Waals surface area (Å²) >= 11 is 0. The lowest BCUT2D eigenvalue weighted by atomic mass is 10.0. The lowest BCUT2D eigenvalue weighted by molar-refractivity contribution is -0.138. The number of carbonyl (C=O) groups is 4. The summed E-state index contributed by atoms with van der Waals surface area (Å²) in [5.74, 6) is -4.94. The van der Waals surface area contributed by atoms with Gasteiger partial charge in [-0.2, -0.15) is 18.2 Å². The number of rotatable bonds is 7. The predicted molar refractivity (Wildman–Crippen MR) is 140 cm³/mol. The van der Waals surface area contributed by atoms with E-state index in [9.17, 15) is 32.3 Å². The average molecular weight is 559 g/mol. The monoisotopic (exact) mass is 558 g/mol. The van der Waals surface area contributed by atoms with Crippen molar-refractivity contribution < 1.29 is 41.8 Å². The second-order valence-electron chi connectivity index (χ2n) is 9.07. The molecular weight excluding hydrogens is 529 g/mol. The molecule has 2 amide bonds. The Hall–Kier alpha value is -4.41. The maximum Gasteiger partial charge on any atom is 0.419 e. The molecule has 2 aromatic carbocycles. The van der Waals surface area contributed by atoms with Crippen molar-refractivity contribution in [2.75, 3.05) is 18.2 Å². The van der Waals surface area contributed by atoms with E-state index in [0.29, 0.717) is 27.0 Å². The number of hydrogen-bond donors (Lipinski definition) is 0. The lowest BCUT2D eigenvalue weighted by Gasteiger charge is -2.25. The second-order valence-corrected chi connectivity index (χ2v) is 9.07. The minimum Gasteiger partial charge on any atom is -0.462 e. The number of ether oxygens (including phenoxy) is 2. The van der Waals surface area contributed by atoms with Gasteiger partial charge in [0.25, 0.3) is 11.8 Å². The molecule has 11 heteroatoms. The Morgan fingerprint density at radius 1 is 0.750 bits per heavy atom. The van der Waals surface area contributed by atoms with Crippen LogP contribution in [-0.2, 0) is 15.7 Å². The van der Waals surface area contributed by atoms with Gasteiger partial charge in [0.15, 0.2) is 5.69 Å². The molecule has 0 saturated carbocycles. The van der Waals surface area contributed by atoms with Crippen molar-refractivity contribution in [3.63, 3.8) is 0 Å². The standard InChI is InChI=1S/C29H29F3N2O6/c1-7-39-27(37)22-15-33(24(28(38)40-8-2)23(22)29(30,31)32)34(25(35)20-11-9-16(3)18(5)13-20)26(36)21-12-10-17(4)19(6)14-21/h9-15H,7-8H2,1-6H3. The highest BCUT2D eigenvalue weighted by Gasteiger charge is 2.46. The molecule has 3 aromatic rings. The maximum atomic E-state index is 14.4. The van der Waals surface area contributed by atoms with Crippen molar-refractivity contribution in [1.29, 1.82) is 0 Å². The minimum absolute atomic E-state index is 0.0324. The molecule has 0 fully saturated rings. The largest absolute Gasteiger partial charge is 0.462 e. The predicted octanol–water partition coefficient (Wildman–Crippen LogP) is 5.71. The van der Waals surface area contributed by atoms with Crippen LogP contribution in [0.3, 0.4) is 0 Å². The number of nitrogens with zero attached hydrogens (tertiary/aromatic N) is 2. The van der Waals surface area contributed by atoms with Crippen LogP contribution >= 0.6 is 0 Å². The quantitative estimate of drug-likeness (QED) is 0.272. The van der Waals surface area contributed by atoms with Gasteiger partial charge >= 0.3 is 18.1 Å². The number of aromatic nitrogens is 1. The van der Waals surface area contributed by atoms with E-state index in [1.54, 1.807) is 39.8 Å². The number of esters is 2. The van der Waals surface area contributed by atoms with Gasteiger partial charge in [0.2, 0.25) is 0 Å². The zero-order chi connectivity index (χ0) is 29.9. The maximum absolute atomic E-state index is 14.4. The van der Waals surface area contributed by atoms with Crippen molar-refractivity contribution in [1.82, 2.24) is 4.68 Å². The fraction of sp³-hybridized carbons (Fsp3) is 0.310. The molecule has 0 bridgehead atoms. The summed E-state index contributed by atoms with van der Waals surface area (Å²) in [5.41, 5.74) is -0.979.